The molecule has 1 aromatic heterocycles. The third kappa shape index (κ3) is 4.79. The van der Waals surface area contributed by atoms with Crippen molar-refractivity contribution in [3.63, 3.8) is 0 Å². The van der Waals surface area contributed by atoms with Crippen LogP contribution in [0.1, 0.15) is 44.6 Å². The molecular formula is C21H28N2O5. The summed E-state index contributed by atoms with van der Waals surface area (Å²) >= 11 is 0. The van der Waals surface area contributed by atoms with E-state index >= 15 is 0 Å². The first-order chi connectivity index (χ1) is 13.4. The zero-order chi connectivity index (χ0) is 20.7. The van der Waals surface area contributed by atoms with Crippen LogP contribution in [0.2, 0.25) is 0 Å². The predicted molar refractivity (Wildman–Crippen MR) is 106 cm³/mol. The first-order valence-corrected chi connectivity index (χ1v) is 9.19. The van der Waals surface area contributed by atoms with Gasteiger partial charge in [-0.25, -0.2) is 4.79 Å². The van der Waals surface area contributed by atoms with Crippen molar-refractivity contribution < 1.29 is 23.8 Å². The van der Waals surface area contributed by atoms with Gasteiger partial charge in [0.15, 0.2) is 6.29 Å². The third-order valence-electron chi connectivity index (χ3n) is 4.60. The fraction of sp³-hybridized carbons (Fsp3) is 0.429. The molecule has 152 valence electrons. The van der Waals surface area contributed by atoms with Crippen LogP contribution in [-0.4, -0.2) is 50.1 Å². The van der Waals surface area contributed by atoms with E-state index in [1.54, 1.807) is 13.8 Å². The average Bonchev–Trinajstić information content (AvgIpc) is 2.93. The van der Waals surface area contributed by atoms with Crippen LogP contribution in [0.4, 0.5) is 0 Å². The van der Waals surface area contributed by atoms with Crippen molar-refractivity contribution in [3.05, 3.63) is 58.4 Å². The van der Waals surface area contributed by atoms with Crippen molar-refractivity contribution in [2.24, 2.45) is 0 Å². The molecular weight excluding hydrogens is 360 g/mol. The number of hydrogen-bond acceptors (Lipinski definition) is 5. The second kappa shape index (κ2) is 10.1. The van der Waals surface area contributed by atoms with E-state index in [9.17, 15) is 9.59 Å². The number of methoxy groups -OCH3 is 2. The Labute approximate surface area is 165 Å². The van der Waals surface area contributed by atoms with Gasteiger partial charge in [-0.1, -0.05) is 30.3 Å². The Morgan fingerprint density at radius 1 is 1.11 bits per heavy atom. The summed E-state index contributed by atoms with van der Waals surface area (Å²) < 4.78 is 17.3. The van der Waals surface area contributed by atoms with Crippen molar-refractivity contribution in [1.29, 1.82) is 0 Å². The van der Waals surface area contributed by atoms with Gasteiger partial charge in [-0.3, -0.25) is 4.79 Å². The fourth-order valence-corrected chi connectivity index (χ4v) is 3.18. The van der Waals surface area contributed by atoms with Gasteiger partial charge in [0, 0.05) is 26.5 Å². The molecule has 0 aliphatic carbocycles. The summed E-state index contributed by atoms with van der Waals surface area (Å²) in [5.74, 6) is -0.726. The molecule has 0 aliphatic rings. The lowest BCUT2D eigenvalue weighted by molar-refractivity contribution is -0.0974. The summed E-state index contributed by atoms with van der Waals surface area (Å²) in [5.41, 5.74) is 3.18. The monoisotopic (exact) mass is 388 g/mol. The molecule has 0 saturated heterocycles. The molecule has 0 radical (unpaired) electrons. The molecule has 0 atom stereocenters. The summed E-state index contributed by atoms with van der Waals surface area (Å²) in [7, 11) is 3.01. The molecule has 1 amide bonds. The van der Waals surface area contributed by atoms with Gasteiger partial charge in [-0.2, -0.15) is 0 Å². The van der Waals surface area contributed by atoms with E-state index in [2.05, 4.69) is 5.32 Å². The van der Waals surface area contributed by atoms with Crippen LogP contribution >= 0.6 is 0 Å². The number of carbonyl (C=O) groups excluding carboxylic acids is 2. The minimum atomic E-state index is -0.541. The smallest absolute Gasteiger partial charge is 0.355 e. The van der Waals surface area contributed by atoms with Gasteiger partial charge < -0.3 is 24.1 Å². The maximum atomic E-state index is 12.8. The second-order valence-electron chi connectivity index (χ2n) is 6.34. The van der Waals surface area contributed by atoms with E-state index < -0.39 is 12.3 Å². The highest BCUT2D eigenvalue weighted by Crippen LogP contribution is 2.24. The Balaban J connectivity index is 2.42. The summed E-state index contributed by atoms with van der Waals surface area (Å²) in [4.78, 5) is 25.4. The number of hydrogen-bond donors (Lipinski definition) is 1. The molecule has 0 bridgehead atoms. The standard InChI is InChI=1S/C21H28N2O5/c1-6-28-21(25)19-14(2)18(20(24)22-12-17(26-4)27-5)15(3)23(19)13-16-10-8-7-9-11-16/h7-11,17H,6,12-13H2,1-5H3,(H,22,24). The van der Waals surface area contributed by atoms with Crippen LogP contribution in [-0.2, 0) is 20.8 Å². The molecule has 0 spiro atoms. The summed E-state index contributed by atoms with van der Waals surface area (Å²) in [6.45, 7) is 6.28. The molecule has 7 nitrogen and oxygen atoms in total. The molecule has 0 saturated carbocycles. The molecule has 7 heteroatoms. The van der Waals surface area contributed by atoms with Gasteiger partial charge in [0.25, 0.3) is 5.91 Å². The Bertz CT molecular complexity index is 810. The Morgan fingerprint density at radius 3 is 2.32 bits per heavy atom. The number of amides is 1. The van der Waals surface area contributed by atoms with Gasteiger partial charge in [0.2, 0.25) is 0 Å². The average molecular weight is 388 g/mol. The third-order valence-corrected chi connectivity index (χ3v) is 4.60. The molecule has 0 unspecified atom stereocenters. The van der Waals surface area contributed by atoms with Crippen molar-refractivity contribution in [1.82, 2.24) is 9.88 Å². The molecule has 2 rings (SSSR count). The van der Waals surface area contributed by atoms with Crippen LogP contribution in [0.15, 0.2) is 30.3 Å². The largest absolute Gasteiger partial charge is 0.461 e. The Morgan fingerprint density at radius 2 is 1.75 bits per heavy atom. The molecule has 0 aliphatic heterocycles. The van der Waals surface area contributed by atoms with Gasteiger partial charge in [0.05, 0.1) is 18.7 Å². The van der Waals surface area contributed by atoms with Crippen LogP contribution < -0.4 is 5.32 Å². The number of carbonyl (C=O) groups is 2. The SMILES string of the molecule is CCOC(=O)c1c(C)c(C(=O)NCC(OC)OC)c(C)n1Cc1ccccc1. The van der Waals surface area contributed by atoms with E-state index in [0.29, 0.717) is 29.1 Å². The first-order valence-electron chi connectivity index (χ1n) is 9.19. The molecule has 2 aromatic rings. The normalized spacial score (nSPS) is 10.9. The van der Waals surface area contributed by atoms with Crippen LogP contribution in [0.5, 0.6) is 0 Å². The number of benzene rings is 1. The molecule has 1 N–H and O–H groups in total. The fourth-order valence-electron chi connectivity index (χ4n) is 3.18. The minimum absolute atomic E-state index is 0.198. The molecule has 1 aromatic carbocycles. The predicted octanol–water partition coefficient (Wildman–Crippen LogP) is 2.68. The number of nitrogens with zero attached hydrogens (tertiary/aromatic N) is 1. The van der Waals surface area contributed by atoms with Gasteiger partial charge in [-0.05, 0) is 31.9 Å². The molecule has 1 heterocycles. The highest BCUT2D eigenvalue weighted by molar-refractivity contribution is 6.01. The van der Waals surface area contributed by atoms with Crippen molar-refractivity contribution >= 4 is 11.9 Å². The lowest BCUT2D eigenvalue weighted by Gasteiger charge is -2.14. The maximum absolute atomic E-state index is 12.8. The minimum Gasteiger partial charge on any atom is -0.461 e. The summed E-state index contributed by atoms with van der Waals surface area (Å²) in [6, 6.07) is 9.77. The van der Waals surface area contributed by atoms with E-state index in [-0.39, 0.29) is 19.1 Å². The maximum Gasteiger partial charge on any atom is 0.355 e. The van der Waals surface area contributed by atoms with Gasteiger partial charge >= 0.3 is 5.97 Å². The van der Waals surface area contributed by atoms with Crippen molar-refractivity contribution in [3.8, 4) is 0 Å². The molecule has 28 heavy (non-hydrogen) atoms. The Hall–Kier alpha value is -2.64. The number of esters is 1. The van der Waals surface area contributed by atoms with Crippen LogP contribution in [0.3, 0.4) is 0 Å². The topological polar surface area (TPSA) is 78.8 Å². The highest BCUT2D eigenvalue weighted by Gasteiger charge is 2.27. The Kier molecular flexibility index (Phi) is 7.78. The lowest BCUT2D eigenvalue weighted by Crippen LogP contribution is -2.34. The van der Waals surface area contributed by atoms with Gasteiger partial charge in [-0.15, -0.1) is 0 Å². The number of rotatable bonds is 9. The van der Waals surface area contributed by atoms with Crippen molar-refractivity contribution in [2.45, 2.75) is 33.6 Å². The van der Waals surface area contributed by atoms with E-state index in [1.807, 2.05) is 41.8 Å². The van der Waals surface area contributed by atoms with E-state index in [4.69, 9.17) is 14.2 Å². The van der Waals surface area contributed by atoms with E-state index in [1.165, 1.54) is 14.2 Å². The number of nitrogens with one attached hydrogen (secondary N) is 1. The van der Waals surface area contributed by atoms with Crippen molar-refractivity contribution in [2.75, 3.05) is 27.4 Å². The van der Waals surface area contributed by atoms with Gasteiger partial charge in [0.1, 0.15) is 5.69 Å². The zero-order valence-electron chi connectivity index (χ0n) is 17.1. The molecule has 0 fully saturated rings. The first kappa shape index (κ1) is 21.7. The lowest BCUT2D eigenvalue weighted by atomic mass is 10.1. The highest BCUT2D eigenvalue weighted by atomic mass is 16.7. The summed E-state index contributed by atoms with van der Waals surface area (Å²) in [5, 5.41) is 2.80. The van der Waals surface area contributed by atoms with Crippen LogP contribution in [0, 0.1) is 13.8 Å². The van der Waals surface area contributed by atoms with Crippen LogP contribution in [0.25, 0.3) is 0 Å². The quantitative estimate of drug-likeness (QED) is 0.528. The second-order valence-corrected chi connectivity index (χ2v) is 6.34. The number of ether oxygens (including phenoxy) is 3. The summed E-state index contributed by atoms with van der Waals surface area (Å²) in [6.07, 6.45) is -0.541. The zero-order valence-corrected chi connectivity index (χ0v) is 17.1. The number of aromatic nitrogens is 1. The van der Waals surface area contributed by atoms with E-state index in [0.717, 1.165) is 5.56 Å².